The zero-order chi connectivity index (χ0) is 47.8. The number of H-pyrrole nitrogens is 2. The highest BCUT2D eigenvalue weighted by molar-refractivity contribution is 6.35. The molecule has 0 saturated carbocycles. The highest BCUT2D eigenvalue weighted by Crippen LogP contribution is 2.38. The number of aromatic nitrogens is 2. The molecule has 0 radical (unpaired) electrons. The fraction of sp³-hybridized carbons (Fsp3) is 0.0152. The zero-order valence-corrected chi connectivity index (χ0v) is 39.2. The maximum absolute atomic E-state index is 5.55. The van der Waals surface area contributed by atoms with Crippen molar-refractivity contribution in [3.05, 3.63) is 333 Å². The van der Waals surface area contributed by atoms with Gasteiger partial charge in [-0.1, -0.05) is 188 Å². The first-order chi connectivity index (χ1) is 35.7. The smallest absolute Gasteiger partial charge is 0.0738 e. The van der Waals surface area contributed by atoms with E-state index in [4.69, 9.17) is 15.0 Å². The Morgan fingerprint density at radius 2 is 0.667 bits per heavy atom. The van der Waals surface area contributed by atoms with Crippen LogP contribution in [0.4, 0.5) is 0 Å². The lowest BCUT2D eigenvalue weighted by Gasteiger charge is -2.19. The number of rotatable bonds is 6. The molecule has 1 atom stereocenters. The lowest BCUT2D eigenvalue weighted by Crippen LogP contribution is -2.24. The van der Waals surface area contributed by atoms with Crippen LogP contribution in [0.2, 0.25) is 0 Å². The molecule has 12 bridgehead atoms. The molecule has 13 rings (SSSR count). The molecule has 5 aliphatic rings. The number of benzene rings is 6. The van der Waals surface area contributed by atoms with Gasteiger partial charge in [-0.15, -0.1) is 0 Å². The molecule has 1 unspecified atom stereocenters. The van der Waals surface area contributed by atoms with Crippen molar-refractivity contribution in [2.45, 2.75) is 6.04 Å². The normalized spacial score (nSPS) is 22.7. The second-order valence-corrected chi connectivity index (χ2v) is 18.1. The van der Waals surface area contributed by atoms with Crippen molar-refractivity contribution >= 4 is 50.6 Å². The standard InChI is InChI=1S/C66H46N6/c1-7-19-43(20-8-1)61-49-31-33-51(67-49)62(44-21-9-2-10-22-44)53-35-37-55(69-53)64(46-25-13-4-14-26-46)57-39-41-59(71-57)66(48-29-17-6-18-30-48)60-42-40-58(72-60)65(47-27-15-5-16-28-47)56-38-36-54(70-56)63(45-23-11-3-12-24-45)52-34-32-50(61)68-52/h1-42,49,67,69-70H/b61-50+,62-51-,63-54-,64-57-,65-56-,66-60-. The van der Waals surface area contributed by atoms with Gasteiger partial charge in [0.15, 0.2) is 0 Å². The van der Waals surface area contributed by atoms with Crippen molar-refractivity contribution in [2.75, 3.05) is 0 Å². The van der Waals surface area contributed by atoms with E-state index in [0.29, 0.717) is 0 Å². The Morgan fingerprint density at radius 3 is 1.17 bits per heavy atom. The topological polar surface area (TPSA) is 80.7 Å². The van der Waals surface area contributed by atoms with Crippen LogP contribution in [0.15, 0.2) is 293 Å². The molecule has 6 heteroatoms. The van der Waals surface area contributed by atoms with Crippen LogP contribution >= 0.6 is 0 Å². The average molecular weight is 923 g/mol. The van der Waals surface area contributed by atoms with Gasteiger partial charge in [0, 0.05) is 61.2 Å². The van der Waals surface area contributed by atoms with Gasteiger partial charge in [0.1, 0.15) is 0 Å². The van der Waals surface area contributed by atoms with Crippen LogP contribution in [-0.2, 0) is 0 Å². The Kier molecular flexibility index (Phi) is 10.8. The molecule has 340 valence electrons. The van der Waals surface area contributed by atoms with Crippen molar-refractivity contribution in [1.29, 1.82) is 0 Å². The van der Waals surface area contributed by atoms with Crippen LogP contribution < -0.4 is 16.0 Å². The third-order valence-electron chi connectivity index (χ3n) is 13.7. The number of aromatic amines is 2. The third kappa shape index (κ3) is 7.87. The Morgan fingerprint density at radius 1 is 0.292 bits per heavy atom. The van der Waals surface area contributed by atoms with Gasteiger partial charge in [0.25, 0.3) is 0 Å². The van der Waals surface area contributed by atoms with Gasteiger partial charge >= 0.3 is 0 Å². The first kappa shape index (κ1) is 42.5. The van der Waals surface area contributed by atoms with E-state index in [9.17, 15) is 0 Å². The predicted molar refractivity (Wildman–Crippen MR) is 296 cm³/mol. The molecule has 72 heavy (non-hydrogen) atoms. The SMILES string of the molecule is C1=C/C2=C(\c3ccccc3)c3ccc([nH]3)/C(c3ccccc3)=C3/C=CC(N3)/C(c3ccccc3)=C3\C=CC(=N3)/C(c3ccccc3)=c3/cc/c([nH]3)=C(\c3ccccc3)C3=N/C(=C(/c4ccccc4)C1=N2)C=C3. The molecular formula is C66H46N6. The molecule has 8 aromatic rings. The lowest BCUT2D eigenvalue weighted by molar-refractivity contribution is 0.857. The fourth-order valence-electron chi connectivity index (χ4n) is 10.4. The van der Waals surface area contributed by atoms with Gasteiger partial charge in [-0.05, 0) is 100 Å². The second-order valence-electron chi connectivity index (χ2n) is 18.1. The summed E-state index contributed by atoms with van der Waals surface area (Å²) < 4.78 is 0. The molecule has 0 fully saturated rings. The minimum absolute atomic E-state index is 0.181. The van der Waals surface area contributed by atoms with E-state index >= 15 is 0 Å². The summed E-state index contributed by atoms with van der Waals surface area (Å²) in [5.74, 6) is 0. The minimum Gasteiger partial charge on any atom is -0.374 e. The van der Waals surface area contributed by atoms with E-state index < -0.39 is 0 Å². The summed E-state index contributed by atoms with van der Waals surface area (Å²) in [5, 5.41) is 5.89. The predicted octanol–water partition coefficient (Wildman–Crippen LogP) is 12.4. The maximum Gasteiger partial charge on any atom is 0.0738 e. The van der Waals surface area contributed by atoms with E-state index in [1.165, 1.54) is 0 Å². The van der Waals surface area contributed by atoms with Crippen molar-refractivity contribution in [1.82, 2.24) is 15.3 Å². The van der Waals surface area contributed by atoms with Crippen LogP contribution in [0.1, 0.15) is 44.8 Å². The number of hydrogen-bond donors (Lipinski definition) is 3. The summed E-state index contributed by atoms with van der Waals surface area (Å²) in [6.07, 6.45) is 17.4. The fourth-order valence-corrected chi connectivity index (χ4v) is 10.4. The highest BCUT2D eigenvalue weighted by Gasteiger charge is 2.28. The van der Waals surface area contributed by atoms with Crippen molar-refractivity contribution in [3.63, 3.8) is 0 Å². The van der Waals surface area contributed by atoms with Gasteiger partial charge in [0.2, 0.25) is 0 Å². The molecule has 5 aliphatic heterocycles. The second kappa shape index (κ2) is 18.3. The zero-order valence-electron chi connectivity index (χ0n) is 39.2. The van der Waals surface area contributed by atoms with Crippen LogP contribution in [0, 0.1) is 0 Å². The number of aliphatic imine (C=N–C) groups is 3. The third-order valence-corrected chi connectivity index (χ3v) is 13.7. The molecule has 0 saturated heterocycles. The molecular weight excluding hydrogens is 877 g/mol. The van der Waals surface area contributed by atoms with Crippen LogP contribution in [0.3, 0.4) is 0 Å². The summed E-state index contributed by atoms with van der Waals surface area (Å²) in [6, 6.07) is 71.9. The first-order valence-corrected chi connectivity index (χ1v) is 24.4. The molecule has 6 nitrogen and oxygen atoms in total. The number of hydrogen-bond acceptors (Lipinski definition) is 4. The summed E-state index contributed by atoms with van der Waals surface area (Å²) in [5.41, 5.74) is 20.6. The minimum atomic E-state index is -0.181. The van der Waals surface area contributed by atoms with Gasteiger partial charge < -0.3 is 15.3 Å². The van der Waals surface area contributed by atoms with Gasteiger partial charge in [-0.25, -0.2) is 15.0 Å². The Labute approximate surface area is 418 Å². The highest BCUT2D eigenvalue weighted by atomic mass is 15.0. The molecule has 0 spiro atoms. The van der Waals surface area contributed by atoms with E-state index in [-0.39, 0.29) is 6.04 Å². The molecule has 7 heterocycles. The summed E-state index contributed by atoms with van der Waals surface area (Å²) >= 11 is 0. The summed E-state index contributed by atoms with van der Waals surface area (Å²) in [7, 11) is 0. The number of allylic oxidation sites excluding steroid dienone is 8. The molecule has 0 aliphatic carbocycles. The lowest BCUT2D eigenvalue weighted by atomic mass is 9.97. The van der Waals surface area contributed by atoms with Gasteiger partial charge in [-0.3, -0.25) is 0 Å². The average Bonchev–Trinajstić information content (AvgIpc) is 4.32. The molecule has 6 aromatic carbocycles. The maximum atomic E-state index is 5.55. The van der Waals surface area contributed by atoms with Crippen molar-refractivity contribution < 1.29 is 0 Å². The van der Waals surface area contributed by atoms with Crippen LogP contribution in [-0.4, -0.2) is 33.1 Å². The van der Waals surface area contributed by atoms with Gasteiger partial charge in [-0.2, -0.15) is 0 Å². The quantitative estimate of drug-likeness (QED) is 0.153. The Balaban J connectivity index is 1.11. The monoisotopic (exact) mass is 922 g/mol. The Bertz CT molecular complexity index is 3930. The van der Waals surface area contributed by atoms with Crippen molar-refractivity contribution in [2.24, 2.45) is 15.0 Å². The van der Waals surface area contributed by atoms with E-state index in [1.807, 2.05) is 0 Å². The van der Waals surface area contributed by atoms with Gasteiger partial charge in [0.05, 0.1) is 40.3 Å². The Hall–Kier alpha value is -9.65. The summed E-state index contributed by atoms with van der Waals surface area (Å²) in [6.45, 7) is 0. The number of fused-ring (bicyclic) bond motifs is 9. The molecule has 3 N–H and O–H groups in total. The molecule has 2 aromatic heterocycles. The van der Waals surface area contributed by atoms with Crippen LogP contribution in [0.5, 0.6) is 0 Å². The molecule has 0 amide bonds. The largest absolute Gasteiger partial charge is 0.374 e. The first-order valence-electron chi connectivity index (χ1n) is 24.4. The van der Waals surface area contributed by atoms with E-state index in [2.05, 4.69) is 270 Å². The van der Waals surface area contributed by atoms with Crippen molar-refractivity contribution in [3.8, 4) is 0 Å². The number of nitrogens with one attached hydrogen (secondary N) is 3. The van der Waals surface area contributed by atoms with Crippen LogP contribution in [0.25, 0.3) is 33.4 Å². The summed E-state index contributed by atoms with van der Waals surface area (Å²) in [4.78, 5) is 24.4. The van der Waals surface area contributed by atoms with E-state index in [0.717, 1.165) is 129 Å². The number of nitrogens with zero attached hydrogens (tertiary/aromatic N) is 3. The van der Waals surface area contributed by atoms with E-state index in [1.54, 1.807) is 0 Å².